The largest absolute Gasteiger partial charge is 0.285 e. The summed E-state index contributed by atoms with van der Waals surface area (Å²) >= 11 is 1.93. The van der Waals surface area contributed by atoms with Gasteiger partial charge >= 0.3 is 0 Å². The molecule has 0 saturated carbocycles. The smallest absolute Gasteiger partial charge is 0.272 e. The Labute approximate surface area is 83.1 Å². The van der Waals surface area contributed by atoms with Crippen molar-refractivity contribution in [2.45, 2.75) is 5.75 Å². The normalized spacial score (nSPS) is 11.5. The summed E-state index contributed by atoms with van der Waals surface area (Å²) in [5.74, 6) is -0.437. The van der Waals surface area contributed by atoms with Crippen molar-refractivity contribution in [2.24, 2.45) is 0 Å². The van der Waals surface area contributed by atoms with Gasteiger partial charge in [0, 0.05) is 6.20 Å². The number of hydrogen-bond acceptors (Lipinski definition) is 4. The molecule has 0 aliphatic rings. The van der Waals surface area contributed by atoms with Gasteiger partial charge in [0.05, 0.1) is 0 Å². The fourth-order valence-electron chi connectivity index (χ4n) is 0.607. The van der Waals surface area contributed by atoms with Gasteiger partial charge in [-0.2, -0.15) is 8.42 Å². The van der Waals surface area contributed by atoms with E-state index in [1.165, 1.54) is 6.20 Å². The second kappa shape index (κ2) is 3.62. The first-order chi connectivity index (χ1) is 5.47. The topological polar surface area (TPSA) is 80.2 Å². The molecule has 0 fully saturated rings. The monoisotopic (exact) mass is 300 g/mol. The second-order valence-electron chi connectivity index (χ2n) is 2.02. The lowest BCUT2D eigenvalue weighted by atomic mass is 10.6. The van der Waals surface area contributed by atoms with E-state index in [-0.39, 0.29) is 5.82 Å². The number of nitrogens with zero attached hydrogens (tertiary/aromatic N) is 2. The molecule has 1 rings (SSSR count). The maximum atomic E-state index is 10.4. The molecule has 0 aliphatic carbocycles. The van der Waals surface area contributed by atoms with Crippen LogP contribution in [0, 0.1) is 3.70 Å². The van der Waals surface area contributed by atoms with Crippen LogP contribution in [0.25, 0.3) is 0 Å². The fourth-order valence-corrected chi connectivity index (χ4v) is 1.51. The zero-order valence-corrected chi connectivity index (χ0v) is 8.78. The Bertz CT molecular complexity index is 378. The van der Waals surface area contributed by atoms with Gasteiger partial charge in [-0.25, -0.2) is 9.97 Å². The maximum Gasteiger partial charge on any atom is 0.272 e. The van der Waals surface area contributed by atoms with Gasteiger partial charge in [0.1, 0.15) is 15.3 Å². The van der Waals surface area contributed by atoms with Crippen molar-refractivity contribution in [1.82, 2.24) is 9.97 Å². The fraction of sp³-hybridized carbons (Fsp3) is 0.200. The van der Waals surface area contributed by atoms with E-state index in [2.05, 4.69) is 9.97 Å². The lowest BCUT2D eigenvalue weighted by Crippen LogP contribution is -2.05. The molecule has 1 N–H and O–H groups in total. The highest BCUT2D eigenvalue weighted by atomic mass is 127. The van der Waals surface area contributed by atoms with Crippen LogP contribution < -0.4 is 0 Å². The Morgan fingerprint density at radius 3 is 2.75 bits per heavy atom. The molecule has 0 unspecified atom stereocenters. The van der Waals surface area contributed by atoms with E-state index in [1.54, 1.807) is 6.07 Å². The minimum Gasteiger partial charge on any atom is -0.285 e. The standard InChI is InChI=1S/C5H5IN2O3S/c6-4-1-2-7-5(8-4)3-12(9,10)11/h1-2H,3H2,(H,9,10,11). The van der Waals surface area contributed by atoms with Crippen LogP contribution in [0.4, 0.5) is 0 Å². The Morgan fingerprint density at radius 2 is 2.25 bits per heavy atom. The maximum absolute atomic E-state index is 10.4. The molecule has 0 aliphatic heterocycles. The van der Waals surface area contributed by atoms with Crippen LogP contribution in [-0.2, 0) is 15.9 Å². The van der Waals surface area contributed by atoms with Crippen LogP contribution in [0.15, 0.2) is 12.3 Å². The third kappa shape index (κ3) is 3.41. The van der Waals surface area contributed by atoms with Crippen molar-refractivity contribution >= 4 is 32.7 Å². The lowest BCUT2D eigenvalue weighted by molar-refractivity contribution is 0.480. The highest BCUT2D eigenvalue weighted by Gasteiger charge is 2.08. The van der Waals surface area contributed by atoms with E-state index in [0.717, 1.165) is 0 Å². The Kier molecular flexibility index (Phi) is 2.96. The first-order valence-electron chi connectivity index (χ1n) is 2.90. The zero-order valence-electron chi connectivity index (χ0n) is 5.81. The summed E-state index contributed by atoms with van der Waals surface area (Å²) in [6, 6.07) is 1.63. The molecule has 0 radical (unpaired) electrons. The van der Waals surface area contributed by atoms with Crippen LogP contribution in [-0.4, -0.2) is 22.9 Å². The molecule has 0 aromatic carbocycles. The Hall–Kier alpha value is -0.280. The molecular weight excluding hydrogens is 295 g/mol. The summed E-state index contributed by atoms with van der Waals surface area (Å²) in [4.78, 5) is 7.46. The molecule has 12 heavy (non-hydrogen) atoms. The molecule has 0 bridgehead atoms. The van der Waals surface area contributed by atoms with E-state index in [9.17, 15) is 8.42 Å². The number of rotatable bonds is 2. The minimum atomic E-state index is -4.02. The predicted octanol–water partition coefficient (Wildman–Crippen LogP) is 0.469. The molecule has 5 nitrogen and oxygen atoms in total. The molecule has 1 aromatic heterocycles. The minimum absolute atomic E-state index is 0.101. The highest BCUT2D eigenvalue weighted by molar-refractivity contribution is 14.1. The predicted molar refractivity (Wildman–Crippen MR) is 50.0 cm³/mol. The Morgan fingerprint density at radius 1 is 1.58 bits per heavy atom. The van der Waals surface area contributed by atoms with E-state index >= 15 is 0 Å². The van der Waals surface area contributed by atoms with E-state index in [0.29, 0.717) is 3.70 Å². The third-order valence-electron chi connectivity index (χ3n) is 0.983. The van der Waals surface area contributed by atoms with Gasteiger partial charge in [0.2, 0.25) is 0 Å². The van der Waals surface area contributed by atoms with Gasteiger partial charge in [-0.15, -0.1) is 0 Å². The van der Waals surface area contributed by atoms with Crippen LogP contribution in [0.5, 0.6) is 0 Å². The van der Waals surface area contributed by atoms with Gasteiger partial charge in [0.15, 0.2) is 0 Å². The molecule has 0 amide bonds. The van der Waals surface area contributed by atoms with Gasteiger partial charge in [-0.05, 0) is 28.7 Å². The van der Waals surface area contributed by atoms with E-state index in [4.69, 9.17) is 4.55 Å². The molecular formula is C5H5IN2O3S. The average molecular weight is 300 g/mol. The van der Waals surface area contributed by atoms with Gasteiger partial charge in [-0.1, -0.05) is 0 Å². The molecule has 7 heteroatoms. The van der Waals surface area contributed by atoms with Crippen molar-refractivity contribution in [3.8, 4) is 0 Å². The number of halogens is 1. The third-order valence-corrected chi connectivity index (χ3v) is 2.21. The quantitative estimate of drug-likeness (QED) is 0.488. The van der Waals surface area contributed by atoms with Crippen LogP contribution in [0.2, 0.25) is 0 Å². The van der Waals surface area contributed by atoms with Gasteiger partial charge in [-0.3, -0.25) is 4.55 Å². The summed E-state index contributed by atoms with van der Waals surface area (Å²) < 4.78 is 29.9. The highest BCUT2D eigenvalue weighted by Crippen LogP contribution is 2.01. The van der Waals surface area contributed by atoms with E-state index in [1.807, 2.05) is 22.6 Å². The van der Waals surface area contributed by atoms with Crippen molar-refractivity contribution in [1.29, 1.82) is 0 Å². The summed E-state index contributed by atoms with van der Waals surface area (Å²) in [7, 11) is -4.02. The van der Waals surface area contributed by atoms with Crippen molar-refractivity contribution in [3.05, 3.63) is 21.8 Å². The van der Waals surface area contributed by atoms with Crippen LogP contribution >= 0.6 is 22.6 Å². The van der Waals surface area contributed by atoms with Crippen molar-refractivity contribution < 1.29 is 13.0 Å². The second-order valence-corrected chi connectivity index (χ2v) is 4.58. The summed E-state index contributed by atoms with van der Waals surface area (Å²) in [5.41, 5.74) is 0. The molecule has 66 valence electrons. The van der Waals surface area contributed by atoms with Crippen molar-refractivity contribution in [2.75, 3.05) is 0 Å². The summed E-state index contributed by atoms with van der Waals surface area (Å²) in [6.07, 6.45) is 1.44. The average Bonchev–Trinajstić information content (AvgIpc) is 1.82. The molecule has 0 atom stereocenters. The van der Waals surface area contributed by atoms with Gasteiger partial charge < -0.3 is 0 Å². The van der Waals surface area contributed by atoms with Crippen LogP contribution in [0.3, 0.4) is 0 Å². The molecule has 1 aromatic rings. The summed E-state index contributed by atoms with van der Waals surface area (Å²) in [6.45, 7) is 0. The number of hydrogen-bond donors (Lipinski definition) is 1. The van der Waals surface area contributed by atoms with Crippen LogP contribution in [0.1, 0.15) is 5.82 Å². The first kappa shape index (κ1) is 9.81. The molecule has 1 heterocycles. The lowest BCUT2D eigenvalue weighted by Gasteiger charge is -1.95. The molecule has 0 saturated heterocycles. The zero-order chi connectivity index (χ0) is 9.19. The SMILES string of the molecule is O=S(=O)(O)Cc1nccc(I)n1. The number of aromatic nitrogens is 2. The van der Waals surface area contributed by atoms with Crippen molar-refractivity contribution in [3.63, 3.8) is 0 Å². The van der Waals surface area contributed by atoms with E-state index < -0.39 is 15.9 Å². The molecule has 0 spiro atoms. The van der Waals surface area contributed by atoms with Gasteiger partial charge in [0.25, 0.3) is 10.1 Å². The summed E-state index contributed by atoms with van der Waals surface area (Å²) in [5, 5.41) is 0. The Balaban J connectivity index is 2.91. The first-order valence-corrected chi connectivity index (χ1v) is 5.59.